The minimum absolute atomic E-state index is 0.163. The first-order valence-corrected chi connectivity index (χ1v) is 6.05. The van der Waals surface area contributed by atoms with Gasteiger partial charge in [0, 0.05) is 11.4 Å². The van der Waals surface area contributed by atoms with Crippen LogP contribution in [0.5, 0.6) is 0 Å². The molecule has 0 radical (unpaired) electrons. The normalized spacial score (nSPS) is 10.3. The van der Waals surface area contributed by atoms with Crippen LogP contribution in [0.3, 0.4) is 0 Å². The van der Waals surface area contributed by atoms with E-state index in [1.807, 2.05) is 0 Å². The number of nitrogen functional groups attached to an aromatic ring is 1. The zero-order chi connectivity index (χ0) is 14.0. The molecular weight excluding hydrogens is 290 g/mol. The van der Waals surface area contributed by atoms with Crippen LogP contribution in [0.2, 0.25) is 10.0 Å². The highest BCUT2D eigenvalue weighted by Crippen LogP contribution is 2.27. The van der Waals surface area contributed by atoms with Gasteiger partial charge in [-0.25, -0.2) is 4.39 Å². The van der Waals surface area contributed by atoms with Gasteiger partial charge in [0.25, 0.3) is 5.91 Å². The molecule has 0 aliphatic heterocycles. The van der Waals surface area contributed by atoms with Crippen molar-refractivity contribution in [3.05, 3.63) is 57.8 Å². The van der Waals surface area contributed by atoms with Crippen molar-refractivity contribution in [1.29, 1.82) is 0 Å². The molecule has 0 bridgehead atoms. The number of amides is 1. The van der Waals surface area contributed by atoms with Crippen LogP contribution in [0, 0.1) is 5.82 Å². The summed E-state index contributed by atoms with van der Waals surface area (Å²) in [5, 5.41) is 2.23. The van der Waals surface area contributed by atoms with E-state index < -0.39 is 11.7 Å². The molecule has 2 aromatic rings. The highest BCUT2D eigenvalue weighted by atomic mass is 35.5. The van der Waals surface area contributed by atoms with Crippen LogP contribution < -0.4 is 11.1 Å². The molecule has 6 heteroatoms. The molecule has 98 valence electrons. The summed E-state index contributed by atoms with van der Waals surface area (Å²) in [7, 11) is 0. The van der Waals surface area contributed by atoms with E-state index in [9.17, 15) is 9.18 Å². The second kappa shape index (κ2) is 5.47. The molecule has 0 aliphatic carbocycles. The SMILES string of the molecule is Nc1ccccc1C(=O)Nc1cc(Cl)c(F)c(Cl)c1. The molecule has 0 saturated carbocycles. The third kappa shape index (κ3) is 2.97. The minimum atomic E-state index is -0.722. The maximum Gasteiger partial charge on any atom is 0.257 e. The summed E-state index contributed by atoms with van der Waals surface area (Å²) in [6.07, 6.45) is 0. The van der Waals surface area contributed by atoms with Crippen molar-refractivity contribution in [3.8, 4) is 0 Å². The molecule has 0 atom stereocenters. The fraction of sp³-hybridized carbons (Fsp3) is 0. The Hall–Kier alpha value is -1.78. The Bertz CT molecular complexity index is 623. The number of hydrogen-bond donors (Lipinski definition) is 2. The lowest BCUT2D eigenvalue weighted by Crippen LogP contribution is -2.14. The zero-order valence-corrected chi connectivity index (χ0v) is 11.1. The van der Waals surface area contributed by atoms with Crippen molar-refractivity contribution in [3.63, 3.8) is 0 Å². The summed E-state index contributed by atoms with van der Waals surface area (Å²) >= 11 is 11.3. The first kappa shape index (κ1) is 13.6. The summed E-state index contributed by atoms with van der Waals surface area (Å²) < 4.78 is 13.2. The van der Waals surface area contributed by atoms with E-state index in [2.05, 4.69) is 5.32 Å². The Labute approximate surface area is 119 Å². The lowest BCUT2D eigenvalue weighted by atomic mass is 10.1. The molecular formula is C13H9Cl2FN2O. The maximum atomic E-state index is 13.2. The second-order valence-corrected chi connectivity index (χ2v) is 4.61. The number of carbonyl (C=O) groups excluding carboxylic acids is 1. The van der Waals surface area contributed by atoms with Gasteiger partial charge < -0.3 is 11.1 Å². The number of nitrogens with one attached hydrogen (secondary N) is 1. The molecule has 0 aliphatic rings. The number of nitrogens with two attached hydrogens (primary N) is 1. The Kier molecular flexibility index (Phi) is 3.93. The highest BCUT2D eigenvalue weighted by molar-refractivity contribution is 6.35. The van der Waals surface area contributed by atoms with Crippen molar-refractivity contribution in [2.75, 3.05) is 11.1 Å². The molecule has 1 amide bonds. The molecule has 2 aromatic carbocycles. The van der Waals surface area contributed by atoms with Gasteiger partial charge in [-0.3, -0.25) is 4.79 Å². The summed E-state index contributed by atoms with van der Waals surface area (Å²) in [6.45, 7) is 0. The molecule has 0 saturated heterocycles. The maximum absolute atomic E-state index is 13.2. The van der Waals surface area contributed by atoms with Crippen LogP contribution in [0.1, 0.15) is 10.4 Å². The third-order valence-corrected chi connectivity index (χ3v) is 3.00. The Morgan fingerprint density at radius 2 is 1.74 bits per heavy atom. The predicted molar refractivity (Wildman–Crippen MR) is 75.2 cm³/mol. The summed E-state index contributed by atoms with van der Waals surface area (Å²) in [4.78, 5) is 12.0. The smallest absolute Gasteiger partial charge is 0.257 e. The summed E-state index contributed by atoms with van der Waals surface area (Å²) in [5.74, 6) is -1.14. The number of rotatable bonds is 2. The first-order chi connectivity index (χ1) is 8.99. The van der Waals surface area contributed by atoms with Crippen LogP contribution >= 0.6 is 23.2 Å². The van der Waals surface area contributed by atoms with E-state index in [0.29, 0.717) is 16.9 Å². The Balaban J connectivity index is 2.27. The standard InChI is InChI=1S/C13H9Cl2FN2O/c14-9-5-7(6-10(15)12(9)16)18-13(19)8-3-1-2-4-11(8)17/h1-6H,17H2,(H,18,19). The number of para-hydroxylation sites is 1. The van der Waals surface area contributed by atoms with Crippen molar-refractivity contribution in [2.24, 2.45) is 0 Å². The summed E-state index contributed by atoms with van der Waals surface area (Å²) in [5.41, 5.74) is 6.65. The monoisotopic (exact) mass is 298 g/mol. The average Bonchev–Trinajstić information content (AvgIpc) is 2.36. The van der Waals surface area contributed by atoms with Gasteiger partial charge >= 0.3 is 0 Å². The number of halogens is 3. The highest BCUT2D eigenvalue weighted by Gasteiger charge is 2.12. The summed E-state index contributed by atoms with van der Waals surface area (Å²) in [6, 6.07) is 9.16. The van der Waals surface area contributed by atoms with Crippen LogP contribution in [0.25, 0.3) is 0 Å². The van der Waals surface area contributed by atoms with Crippen LogP contribution in [-0.4, -0.2) is 5.91 Å². The van der Waals surface area contributed by atoms with E-state index >= 15 is 0 Å². The van der Waals surface area contributed by atoms with E-state index in [0.717, 1.165) is 0 Å². The number of hydrogen-bond acceptors (Lipinski definition) is 2. The average molecular weight is 299 g/mol. The quantitative estimate of drug-likeness (QED) is 0.651. The van der Waals surface area contributed by atoms with Crippen molar-refractivity contribution < 1.29 is 9.18 Å². The first-order valence-electron chi connectivity index (χ1n) is 5.29. The van der Waals surface area contributed by atoms with Crippen molar-refractivity contribution in [2.45, 2.75) is 0 Å². The zero-order valence-electron chi connectivity index (χ0n) is 9.58. The molecule has 19 heavy (non-hydrogen) atoms. The van der Waals surface area contributed by atoms with Gasteiger partial charge in [-0.15, -0.1) is 0 Å². The molecule has 0 heterocycles. The molecule has 0 aromatic heterocycles. The molecule has 0 unspecified atom stereocenters. The second-order valence-electron chi connectivity index (χ2n) is 3.80. The largest absolute Gasteiger partial charge is 0.398 e. The Morgan fingerprint density at radius 1 is 1.16 bits per heavy atom. The van der Waals surface area contributed by atoms with Gasteiger partial charge in [-0.05, 0) is 24.3 Å². The third-order valence-electron chi connectivity index (χ3n) is 2.45. The van der Waals surface area contributed by atoms with E-state index in [4.69, 9.17) is 28.9 Å². The lowest BCUT2D eigenvalue weighted by Gasteiger charge is -2.08. The van der Waals surface area contributed by atoms with Gasteiger partial charge in [-0.1, -0.05) is 35.3 Å². The molecule has 0 fully saturated rings. The molecule has 0 spiro atoms. The number of benzene rings is 2. The van der Waals surface area contributed by atoms with Crippen LogP contribution in [0.4, 0.5) is 15.8 Å². The van der Waals surface area contributed by atoms with Gasteiger partial charge in [-0.2, -0.15) is 0 Å². The molecule has 3 nitrogen and oxygen atoms in total. The van der Waals surface area contributed by atoms with Crippen molar-refractivity contribution in [1.82, 2.24) is 0 Å². The fourth-order valence-electron chi connectivity index (χ4n) is 1.53. The predicted octanol–water partition coefficient (Wildman–Crippen LogP) is 3.97. The van der Waals surface area contributed by atoms with Crippen LogP contribution in [0.15, 0.2) is 36.4 Å². The van der Waals surface area contributed by atoms with Gasteiger partial charge in [0.15, 0.2) is 5.82 Å². The van der Waals surface area contributed by atoms with Gasteiger partial charge in [0.2, 0.25) is 0 Å². The fourth-order valence-corrected chi connectivity index (χ4v) is 2.02. The topological polar surface area (TPSA) is 55.1 Å². The van der Waals surface area contributed by atoms with Crippen LogP contribution in [-0.2, 0) is 0 Å². The Morgan fingerprint density at radius 3 is 2.32 bits per heavy atom. The van der Waals surface area contributed by atoms with E-state index in [1.54, 1.807) is 24.3 Å². The van der Waals surface area contributed by atoms with Gasteiger partial charge in [0.05, 0.1) is 15.6 Å². The number of carbonyl (C=O) groups is 1. The van der Waals surface area contributed by atoms with E-state index in [-0.39, 0.29) is 10.0 Å². The molecule has 2 rings (SSSR count). The number of anilines is 2. The molecule has 3 N–H and O–H groups in total. The van der Waals surface area contributed by atoms with Crippen molar-refractivity contribution >= 4 is 40.5 Å². The van der Waals surface area contributed by atoms with E-state index in [1.165, 1.54) is 12.1 Å². The lowest BCUT2D eigenvalue weighted by molar-refractivity contribution is 0.102. The minimum Gasteiger partial charge on any atom is -0.398 e. The van der Waals surface area contributed by atoms with Gasteiger partial charge in [0.1, 0.15) is 0 Å².